The molecule has 0 unspecified atom stereocenters. The van der Waals surface area contributed by atoms with E-state index in [0.717, 1.165) is 57.0 Å². The number of esters is 1. The lowest BCUT2D eigenvalue weighted by Crippen LogP contribution is -2.26. The average molecular weight is 358 g/mol. The van der Waals surface area contributed by atoms with E-state index in [1.807, 2.05) is 18.2 Å². The Morgan fingerprint density at radius 1 is 1.00 bits per heavy atom. The monoisotopic (exact) mass is 358 g/mol. The summed E-state index contributed by atoms with van der Waals surface area (Å²) in [6.07, 6.45) is 11.7. The zero-order valence-electron chi connectivity index (χ0n) is 15.5. The highest BCUT2D eigenvalue weighted by molar-refractivity contribution is 5.75. The third kappa shape index (κ3) is 7.03. The first-order valence-corrected chi connectivity index (χ1v) is 9.73. The smallest absolute Gasteiger partial charge is 0.314 e. The molecule has 1 aliphatic rings. The second-order valence-electron chi connectivity index (χ2n) is 6.98. The lowest BCUT2D eigenvalue weighted by molar-refractivity contribution is -0.140. The van der Waals surface area contributed by atoms with E-state index >= 15 is 0 Å². The Morgan fingerprint density at radius 3 is 2.31 bits per heavy atom. The van der Waals surface area contributed by atoms with Crippen LogP contribution in [0.5, 0.6) is 11.5 Å². The van der Waals surface area contributed by atoms with Crippen molar-refractivity contribution in [2.24, 2.45) is 11.8 Å². The largest absolute Gasteiger partial charge is 0.494 e. The Balaban J connectivity index is 1.66. The van der Waals surface area contributed by atoms with E-state index in [-0.39, 0.29) is 17.8 Å². The molecule has 4 nitrogen and oxygen atoms in total. The average Bonchev–Trinajstić information content (AvgIpc) is 2.68. The van der Waals surface area contributed by atoms with Crippen molar-refractivity contribution in [3.8, 4) is 11.5 Å². The molecule has 0 radical (unpaired) electrons. The Hall–Kier alpha value is -2.10. The summed E-state index contributed by atoms with van der Waals surface area (Å²) in [5.74, 6) is 1.16. The van der Waals surface area contributed by atoms with Crippen molar-refractivity contribution in [3.05, 3.63) is 36.9 Å². The first kappa shape index (κ1) is 20.2. The molecule has 142 valence electrons. The van der Waals surface area contributed by atoms with Crippen LogP contribution in [-0.2, 0) is 9.59 Å². The maximum atomic E-state index is 12.2. The van der Waals surface area contributed by atoms with Crippen LogP contribution in [0.1, 0.15) is 57.8 Å². The van der Waals surface area contributed by atoms with E-state index in [0.29, 0.717) is 12.4 Å². The minimum absolute atomic E-state index is 0.0942. The first-order valence-electron chi connectivity index (χ1n) is 9.73. The summed E-state index contributed by atoms with van der Waals surface area (Å²) in [4.78, 5) is 23.0. The van der Waals surface area contributed by atoms with Gasteiger partial charge in [0.1, 0.15) is 17.8 Å². The number of carbonyl (C=O) groups is 2. The van der Waals surface area contributed by atoms with Gasteiger partial charge in [-0.1, -0.05) is 18.9 Å². The molecule has 26 heavy (non-hydrogen) atoms. The third-order valence-electron chi connectivity index (χ3n) is 4.91. The van der Waals surface area contributed by atoms with Crippen molar-refractivity contribution >= 4 is 12.3 Å². The van der Waals surface area contributed by atoms with Gasteiger partial charge >= 0.3 is 5.97 Å². The van der Waals surface area contributed by atoms with Crippen molar-refractivity contribution in [1.29, 1.82) is 0 Å². The van der Waals surface area contributed by atoms with Gasteiger partial charge in [-0.05, 0) is 69.2 Å². The van der Waals surface area contributed by atoms with Gasteiger partial charge in [0.25, 0.3) is 0 Å². The molecular weight excluding hydrogens is 328 g/mol. The molecule has 1 aromatic rings. The van der Waals surface area contributed by atoms with Crippen molar-refractivity contribution < 1.29 is 19.1 Å². The number of rotatable bonds is 11. The van der Waals surface area contributed by atoms with Crippen LogP contribution in [0.15, 0.2) is 36.9 Å². The summed E-state index contributed by atoms with van der Waals surface area (Å²) in [6, 6.07) is 7.22. The highest BCUT2D eigenvalue weighted by atomic mass is 16.5. The molecule has 4 heteroatoms. The number of allylic oxidation sites excluding steroid dienone is 1. The topological polar surface area (TPSA) is 52.6 Å². The number of carbonyl (C=O) groups excluding carboxylic acids is 2. The van der Waals surface area contributed by atoms with Gasteiger partial charge < -0.3 is 14.3 Å². The van der Waals surface area contributed by atoms with E-state index in [4.69, 9.17) is 9.47 Å². The van der Waals surface area contributed by atoms with Crippen molar-refractivity contribution in [1.82, 2.24) is 0 Å². The Labute approximate surface area is 156 Å². The lowest BCUT2D eigenvalue weighted by Gasteiger charge is -2.23. The van der Waals surface area contributed by atoms with Gasteiger partial charge in [-0.3, -0.25) is 4.79 Å². The molecule has 0 amide bonds. The normalized spacial score (nSPS) is 19.5. The molecule has 0 bridgehead atoms. The standard InChI is InChI=1S/C22H30O4/c1-2-3-4-5-6-7-16-25-20-12-14-21(15-13-20)26-22(24)19-10-8-18(17-23)9-11-19/h2,12-15,17-19H,1,3-11,16H2. The van der Waals surface area contributed by atoms with E-state index in [2.05, 4.69) is 6.58 Å². The van der Waals surface area contributed by atoms with Crippen molar-refractivity contribution in [2.75, 3.05) is 6.61 Å². The number of hydrogen-bond donors (Lipinski definition) is 0. The van der Waals surface area contributed by atoms with Crippen LogP contribution in [0.2, 0.25) is 0 Å². The SMILES string of the molecule is C=CCCCCCCOc1ccc(OC(=O)C2CCC(C=O)CC2)cc1. The Kier molecular flexibility index (Phi) is 8.94. The maximum Gasteiger partial charge on any atom is 0.314 e. The molecule has 2 rings (SSSR count). The molecule has 1 fully saturated rings. The molecule has 0 saturated heterocycles. The van der Waals surface area contributed by atoms with Crippen LogP contribution >= 0.6 is 0 Å². The van der Waals surface area contributed by atoms with Gasteiger partial charge in [-0.15, -0.1) is 6.58 Å². The van der Waals surface area contributed by atoms with Crippen molar-refractivity contribution in [3.63, 3.8) is 0 Å². The number of unbranched alkanes of at least 4 members (excludes halogenated alkanes) is 4. The van der Waals surface area contributed by atoms with Crippen LogP contribution in [0, 0.1) is 11.8 Å². The number of benzene rings is 1. The lowest BCUT2D eigenvalue weighted by atomic mass is 9.83. The van der Waals surface area contributed by atoms with Gasteiger partial charge in [-0.25, -0.2) is 0 Å². The first-order chi connectivity index (χ1) is 12.7. The Morgan fingerprint density at radius 2 is 1.65 bits per heavy atom. The molecule has 0 aromatic heterocycles. The summed E-state index contributed by atoms with van der Waals surface area (Å²) in [6.45, 7) is 4.43. The number of ether oxygens (including phenoxy) is 2. The summed E-state index contributed by atoms with van der Waals surface area (Å²) >= 11 is 0. The third-order valence-corrected chi connectivity index (χ3v) is 4.91. The van der Waals surface area contributed by atoms with E-state index in [1.165, 1.54) is 12.8 Å². The molecule has 0 spiro atoms. The molecule has 0 heterocycles. The van der Waals surface area contributed by atoms with Gasteiger partial charge in [0.05, 0.1) is 12.5 Å². The summed E-state index contributed by atoms with van der Waals surface area (Å²) < 4.78 is 11.2. The van der Waals surface area contributed by atoms with E-state index in [9.17, 15) is 9.59 Å². The molecular formula is C22H30O4. The van der Waals surface area contributed by atoms with E-state index < -0.39 is 0 Å². The minimum Gasteiger partial charge on any atom is -0.494 e. The maximum absolute atomic E-state index is 12.2. The molecule has 1 aromatic carbocycles. The fraction of sp³-hybridized carbons (Fsp3) is 0.545. The predicted molar refractivity (Wildman–Crippen MR) is 102 cm³/mol. The summed E-state index contributed by atoms with van der Waals surface area (Å²) in [5.41, 5.74) is 0. The van der Waals surface area contributed by atoms with Crippen LogP contribution in [-0.4, -0.2) is 18.9 Å². The number of aldehydes is 1. The zero-order chi connectivity index (χ0) is 18.6. The second-order valence-corrected chi connectivity index (χ2v) is 6.98. The van der Waals surface area contributed by atoms with Crippen LogP contribution in [0.3, 0.4) is 0 Å². The Bertz CT molecular complexity index is 556. The highest BCUT2D eigenvalue weighted by Crippen LogP contribution is 2.29. The fourth-order valence-corrected chi connectivity index (χ4v) is 3.23. The highest BCUT2D eigenvalue weighted by Gasteiger charge is 2.27. The molecule has 0 N–H and O–H groups in total. The summed E-state index contributed by atoms with van der Waals surface area (Å²) in [7, 11) is 0. The van der Waals surface area contributed by atoms with Gasteiger partial charge in [-0.2, -0.15) is 0 Å². The predicted octanol–water partition coefficient (Wildman–Crippen LogP) is 5.11. The fourth-order valence-electron chi connectivity index (χ4n) is 3.23. The van der Waals surface area contributed by atoms with Crippen molar-refractivity contribution in [2.45, 2.75) is 57.8 Å². The number of hydrogen-bond acceptors (Lipinski definition) is 4. The van der Waals surface area contributed by atoms with E-state index in [1.54, 1.807) is 12.1 Å². The molecule has 0 atom stereocenters. The second kappa shape index (κ2) is 11.5. The van der Waals surface area contributed by atoms with Crippen LogP contribution in [0.4, 0.5) is 0 Å². The van der Waals surface area contributed by atoms with Gasteiger partial charge in [0.2, 0.25) is 0 Å². The molecule has 1 saturated carbocycles. The van der Waals surface area contributed by atoms with Crippen LogP contribution < -0.4 is 9.47 Å². The van der Waals surface area contributed by atoms with Crippen LogP contribution in [0.25, 0.3) is 0 Å². The summed E-state index contributed by atoms with van der Waals surface area (Å²) in [5, 5.41) is 0. The minimum atomic E-state index is -0.192. The zero-order valence-corrected chi connectivity index (χ0v) is 15.5. The van der Waals surface area contributed by atoms with Gasteiger partial charge in [0.15, 0.2) is 0 Å². The van der Waals surface area contributed by atoms with Gasteiger partial charge in [0, 0.05) is 5.92 Å². The quantitative estimate of drug-likeness (QED) is 0.181. The molecule has 0 aliphatic heterocycles. The molecule has 1 aliphatic carbocycles.